The predicted molar refractivity (Wildman–Crippen MR) is 74.6 cm³/mol. The van der Waals surface area contributed by atoms with Crippen molar-refractivity contribution < 1.29 is 19.1 Å². The van der Waals surface area contributed by atoms with E-state index in [9.17, 15) is 9.59 Å². The Morgan fingerprint density at radius 2 is 1.90 bits per heavy atom. The van der Waals surface area contributed by atoms with Crippen LogP contribution in [-0.4, -0.2) is 24.6 Å². The molecule has 20 heavy (non-hydrogen) atoms. The molecule has 1 amide bonds. The van der Waals surface area contributed by atoms with E-state index in [-0.39, 0.29) is 18.3 Å². The molecule has 5 heteroatoms. The van der Waals surface area contributed by atoms with Gasteiger partial charge in [0.15, 0.2) is 0 Å². The van der Waals surface area contributed by atoms with Gasteiger partial charge in [-0.25, -0.2) is 0 Å². The molecular formula is C15H19NO4. The molecule has 0 spiro atoms. The molecule has 108 valence electrons. The summed E-state index contributed by atoms with van der Waals surface area (Å²) in [6.45, 7) is 1.46. The zero-order chi connectivity index (χ0) is 14.6. The van der Waals surface area contributed by atoms with Gasteiger partial charge in [0, 0.05) is 12.6 Å². The quantitative estimate of drug-likeness (QED) is 0.840. The molecule has 0 unspecified atom stereocenters. The van der Waals surface area contributed by atoms with Crippen molar-refractivity contribution in [3.05, 3.63) is 24.3 Å². The van der Waals surface area contributed by atoms with Crippen LogP contribution in [0.2, 0.25) is 0 Å². The first-order valence-electron chi connectivity index (χ1n) is 6.66. The third kappa shape index (κ3) is 3.50. The van der Waals surface area contributed by atoms with Crippen LogP contribution in [0, 0.1) is 0 Å². The number of benzene rings is 1. The number of nitrogens with one attached hydrogen (secondary N) is 1. The van der Waals surface area contributed by atoms with Crippen LogP contribution in [-0.2, 0) is 14.3 Å². The molecule has 0 heterocycles. The highest BCUT2D eigenvalue weighted by Crippen LogP contribution is 2.39. The van der Waals surface area contributed by atoms with Crippen molar-refractivity contribution in [2.24, 2.45) is 0 Å². The van der Waals surface area contributed by atoms with Crippen molar-refractivity contribution >= 4 is 17.6 Å². The smallest absolute Gasteiger partial charge is 0.309 e. The van der Waals surface area contributed by atoms with Gasteiger partial charge in [-0.2, -0.15) is 0 Å². The second-order valence-electron chi connectivity index (χ2n) is 5.10. The summed E-state index contributed by atoms with van der Waals surface area (Å²) in [6, 6.07) is 7.15. The average Bonchev–Trinajstić information content (AvgIpc) is 2.37. The number of hydrogen-bond acceptors (Lipinski definition) is 4. The van der Waals surface area contributed by atoms with E-state index in [0.717, 1.165) is 24.9 Å². The summed E-state index contributed by atoms with van der Waals surface area (Å²) in [7, 11) is 1.39. The zero-order valence-corrected chi connectivity index (χ0v) is 11.8. The molecule has 0 radical (unpaired) electrons. The monoisotopic (exact) mass is 277 g/mol. The maximum absolute atomic E-state index is 11.4. The molecule has 0 aliphatic heterocycles. The van der Waals surface area contributed by atoms with Gasteiger partial charge in [0.2, 0.25) is 5.91 Å². The minimum Gasteiger partial charge on any atom is -0.487 e. The molecule has 1 fully saturated rings. The van der Waals surface area contributed by atoms with E-state index in [4.69, 9.17) is 9.47 Å². The van der Waals surface area contributed by atoms with Crippen molar-refractivity contribution in [1.82, 2.24) is 0 Å². The molecule has 0 atom stereocenters. The van der Waals surface area contributed by atoms with Gasteiger partial charge in [0.25, 0.3) is 0 Å². The van der Waals surface area contributed by atoms with E-state index in [2.05, 4.69) is 5.32 Å². The molecule has 0 aromatic heterocycles. The summed E-state index contributed by atoms with van der Waals surface area (Å²) in [5.41, 5.74) is 0.295. The maximum Gasteiger partial charge on any atom is 0.309 e. The fourth-order valence-electron chi connectivity index (χ4n) is 2.28. The van der Waals surface area contributed by atoms with E-state index >= 15 is 0 Å². The molecule has 1 N–H and O–H groups in total. The summed E-state index contributed by atoms with van der Waals surface area (Å²) in [5.74, 6) is 0.335. The number of ether oxygens (including phenoxy) is 2. The van der Waals surface area contributed by atoms with Crippen LogP contribution < -0.4 is 10.1 Å². The largest absolute Gasteiger partial charge is 0.487 e. The molecule has 1 aromatic rings. The average molecular weight is 277 g/mol. The Labute approximate surface area is 118 Å². The molecule has 1 aliphatic carbocycles. The minimum absolute atomic E-state index is 0.111. The number of carbonyl (C=O) groups is 2. The predicted octanol–water partition coefficient (Wildman–Crippen LogP) is 2.51. The Bertz CT molecular complexity index is 491. The summed E-state index contributed by atoms with van der Waals surface area (Å²) in [5, 5.41) is 2.70. The first-order chi connectivity index (χ1) is 9.53. The molecule has 1 aromatic carbocycles. The molecule has 1 aliphatic rings. The lowest BCUT2D eigenvalue weighted by atomic mass is 9.77. The Balaban J connectivity index is 2.01. The van der Waals surface area contributed by atoms with Gasteiger partial charge in [0.1, 0.15) is 11.4 Å². The Kier molecular flexibility index (Phi) is 4.27. The summed E-state index contributed by atoms with van der Waals surface area (Å²) in [4.78, 5) is 22.4. The first kappa shape index (κ1) is 14.4. The number of amides is 1. The topological polar surface area (TPSA) is 64.6 Å². The number of methoxy groups -OCH3 is 1. The van der Waals surface area contributed by atoms with Crippen molar-refractivity contribution in [2.75, 3.05) is 12.4 Å². The van der Waals surface area contributed by atoms with Crippen LogP contribution in [0.1, 0.15) is 32.6 Å². The fourth-order valence-corrected chi connectivity index (χ4v) is 2.28. The van der Waals surface area contributed by atoms with Crippen molar-refractivity contribution in [3.8, 4) is 5.75 Å². The highest BCUT2D eigenvalue weighted by Gasteiger charge is 2.41. The SMILES string of the molecule is COC(=O)CC1(Oc2ccc(NC(C)=O)cc2)CCC1. The first-order valence-corrected chi connectivity index (χ1v) is 6.66. The van der Waals surface area contributed by atoms with Gasteiger partial charge in [-0.05, 0) is 43.5 Å². The highest BCUT2D eigenvalue weighted by molar-refractivity contribution is 5.88. The molecule has 0 bridgehead atoms. The van der Waals surface area contributed by atoms with Gasteiger partial charge in [-0.3, -0.25) is 9.59 Å². The van der Waals surface area contributed by atoms with E-state index in [1.54, 1.807) is 24.3 Å². The van der Waals surface area contributed by atoms with Crippen LogP contribution in [0.5, 0.6) is 5.75 Å². The van der Waals surface area contributed by atoms with E-state index in [1.165, 1.54) is 14.0 Å². The van der Waals surface area contributed by atoms with Crippen molar-refractivity contribution in [2.45, 2.75) is 38.2 Å². The van der Waals surface area contributed by atoms with Gasteiger partial charge >= 0.3 is 5.97 Å². The van der Waals surface area contributed by atoms with Gasteiger partial charge < -0.3 is 14.8 Å². The molecular weight excluding hydrogens is 258 g/mol. The molecule has 2 rings (SSSR count). The summed E-state index contributed by atoms with van der Waals surface area (Å²) in [6.07, 6.45) is 3.04. The number of hydrogen-bond donors (Lipinski definition) is 1. The van der Waals surface area contributed by atoms with E-state index in [0.29, 0.717) is 5.75 Å². The highest BCUT2D eigenvalue weighted by atomic mass is 16.5. The lowest BCUT2D eigenvalue weighted by Gasteiger charge is -2.41. The second-order valence-corrected chi connectivity index (χ2v) is 5.10. The van der Waals surface area contributed by atoms with Gasteiger partial charge in [-0.1, -0.05) is 0 Å². The number of anilines is 1. The standard InChI is InChI=1S/C15H19NO4/c1-11(17)16-12-4-6-13(7-5-12)20-15(8-3-9-15)10-14(18)19-2/h4-7H,3,8-10H2,1-2H3,(H,16,17). The summed E-state index contributed by atoms with van der Waals surface area (Å²) >= 11 is 0. The number of rotatable bonds is 5. The number of esters is 1. The van der Waals surface area contributed by atoms with Crippen LogP contribution >= 0.6 is 0 Å². The lowest BCUT2D eigenvalue weighted by molar-refractivity contribution is -0.148. The Hall–Kier alpha value is -2.04. The molecule has 1 saturated carbocycles. The third-order valence-electron chi connectivity index (χ3n) is 3.47. The Morgan fingerprint density at radius 3 is 2.35 bits per heavy atom. The molecule has 5 nitrogen and oxygen atoms in total. The lowest BCUT2D eigenvalue weighted by Crippen LogP contribution is -2.45. The number of carbonyl (C=O) groups excluding carboxylic acids is 2. The maximum atomic E-state index is 11.4. The molecule has 0 saturated heterocycles. The van der Waals surface area contributed by atoms with E-state index in [1.807, 2.05) is 0 Å². The van der Waals surface area contributed by atoms with Crippen LogP contribution in [0.15, 0.2) is 24.3 Å². The fraction of sp³-hybridized carbons (Fsp3) is 0.467. The van der Waals surface area contributed by atoms with Gasteiger partial charge in [0.05, 0.1) is 13.5 Å². The van der Waals surface area contributed by atoms with Crippen molar-refractivity contribution in [1.29, 1.82) is 0 Å². The Morgan fingerprint density at radius 1 is 1.25 bits per heavy atom. The third-order valence-corrected chi connectivity index (χ3v) is 3.47. The minimum atomic E-state index is -0.428. The second kappa shape index (κ2) is 5.94. The van der Waals surface area contributed by atoms with Crippen LogP contribution in [0.3, 0.4) is 0 Å². The van der Waals surface area contributed by atoms with Crippen molar-refractivity contribution in [3.63, 3.8) is 0 Å². The van der Waals surface area contributed by atoms with Gasteiger partial charge in [-0.15, -0.1) is 0 Å². The van der Waals surface area contributed by atoms with Crippen LogP contribution in [0.4, 0.5) is 5.69 Å². The van der Waals surface area contributed by atoms with E-state index < -0.39 is 5.60 Å². The van der Waals surface area contributed by atoms with Crippen LogP contribution in [0.25, 0.3) is 0 Å². The zero-order valence-electron chi connectivity index (χ0n) is 11.8. The summed E-state index contributed by atoms with van der Waals surface area (Å²) < 4.78 is 10.7. The normalized spacial score (nSPS) is 15.9.